The summed E-state index contributed by atoms with van der Waals surface area (Å²) in [5.74, 6) is 1.19. The van der Waals surface area contributed by atoms with Gasteiger partial charge in [-0.1, -0.05) is 353 Å². The normalized spacial score (nSPS) is 12.5. The van der Waals surface area contributed by atoms with Crippen molar-refractivity contribution in [1.29, 1.82) is 0 Å². The number of halogens is 7. The molecule has 0 N–H and O–H groups in total. The van der Waals surface area contributed by atoms with Crippen LogP contribution in [0.5, 0.6) is 28.7 Å². The van der Waals surface area contributed by atoms with Crippen molar-refractivity contribution < 1.29 is 50.0 Å². The Bertz CT molecular complexity index is 4490. The van der Waals surface area contributed by atoms with Gasteiger partial charge in [0.2, 0.25) is 0 Å². The van der Waals surface area contributed by atoms with Crippen LogP contribution in [-0.2, 0) is 54.1 Å². The van der Waals surface area contributed by atoms with E-state index in [2.05, 4.69) is 243 Å². The molecule has 119 heavy (non-hydrogen) atoms. The first-order valence-corrected chi connectivity index (χ1v) is 42.6. The number of fused-ring (bicyclic) bond motifs is 2. The van der Waals surface area contributed by atoms with Gasteiger partial charge in [0.05, 0.1) is 7.11 Å². The standard InChI is InChI=1S/C12H15FO2.C12H16O2.C11H16O.C11H16S.C10H13Cl.C10H12F2.3C10H13F.C10H14/c1-12(2,3)8-4-5-9-11(10(8)13)15-7-6-14-9;1-12(2,3)9-4-5-10-11(8-9)14-7-6-13-10;2*1-11(2,3)9-5-7-10(12-4)8-6-9;1-10(2,3)8-4-6-9(11)7-5-8;1-10(2,3)7-5-4-6-8(11)9(7)12;1-10(2,3)8-4-6-9(11)7-5-8;1-10(2,3)8-5-4-6-9(11)7-8;1-10(2,3)8-6-4-5-7-9(8)11;1-10(2,3)9-7-5-4-6-8-9/h4-5H,6-7H2,1-3H3;4-5,8H,6-7H2,1-3H3;2*5-8H,1-4H3;4-7H,1-3H3;4-6H,1-3H3;3*4-7H,1-3H3;4-8H,1-3H3. The predicted octanol–water partition coefficient (Wildman–Crippen LogP) is 31.6. The van der Waals surface area contributed by atoms with Crippen molar-refractivity contribution in [2.45, 2.75) is 267 Å². The third-order valence-electron chi connectivity index (χ3n) is 19.0. The number of methoxy groups -OCH3 is 1. The summed E-state index contributed by atoms with van der Waals surface area (Å²) in [5, 5.41) is 0.804. The van der Waals surface area contributed by atoms with E-state index in [0.717, 1.165) is 39.5 Å². The van der Waals surface area contributed by atoms with Gasteiger partial charge in [0.1, 0.15) is 49.6 Å². The maximum absolute atomic E-state index is 14.0. The van der Waals surface area contributed by atoms with Gasteiger partial charge in [-0.2, -0.15) is 0 Å². The van der Waals surface area contributed by atoms with Crippen LogP contribution in [0, 0.1) is 34.9 Å². The van der Waals surface area contributed by atoms with Gasteiger partial charge in [0.15, 0.2) is 40.4 Å². The molecule has 5 nitrogen and oxygen atoms in total. The molecule has 10 aromatic rings. The van der Waals surface area contributed by atoms with E-state index in [0.29, 0.717) is 48.7 Å². The smallest absolute Gasteiger partial charge is 0.197 e. The van der Waals surface area contributed by atoms with Crippen molar-refractivity contribution in [2.24, 2.45) is 0 Å². The number of thioether (sulfide) groups is 1. The van der Waals surface area contributed by atoms with Crippen LogP contribution in [0.2, 0.25) is 5.02 Å². The highest BCUT2D eigenvalue weighted by atomic mass is 35.5. The molecule has 0 aliphatic carbocycles. The van der Waals surface area contributed by atoms with Crippen LogP contribution in [-0.4, -0.2) is 39.8 Å². The summed E-state index contributed by atoms with van der Waals surface area (Å²) in [6, 6.07) is 69.9. The molecular weight excluding hydrogens is 1530 g/mol. The Morgan fingerprint density at radius 3 is 1.01 bits per heavy atom. The van der Waals surface area contributed by atoms with Crippen LogP contribution in [0.4, 0.5) is 26.3 Å². The SMILES string of the molecule is CC(C)(C)c1ccc(Cl)cc1.CC(C)(C)c1ccc(F)cc1.CC(C)(C)c1ccc2c(c1)OCCO2.CC(C)(C)c1ccc2c(c1F)OCCO2.CC(C)(C)c1cccc(F)c1.CC(C)(C)c1cccc(F)c1F.CC(C)(C)c1ccccc1.CC(C)(C)c1ccccc1F.COc1ccc(C(C)(C)C)cc1.CSc1ccc(C(C)(C)C)cc1. The summed E-state index contributed by atoms with van der Waals surface area (Å²) < 4.78 is 105. The number of rotatable bonds is 2. The molecule has 0 spiro atoms. The maximum atomic E-state index is 14.0. The molecule has 0 fully saturated rings. The van der Waals surface area contributed by atoms with E-state index in [9.17, 15) is 26.3 Å². The molecule has 2 aliphatic heterocycles. The van der Waals surface area contributed by atoms with Crippen molar-refractivity contribution in [3.63, 3.8) is 0 Å². The van der Waals surface area contributed by atoms with Crippen molar-refractivity contribution in [1.82, 2.24) is 0 Å². The summed E-state index contributed by atoms with van der Waals surface area (Å²) in [6.45, 7) is 65.4. The number of hydrogen-bond donors (Lipinski definition) is 0. The molecular formula is C106H141ClF6O5S. The number of ether oxygens (including phenoxy) is 5. The Balaban J connectivity index is 0.000000343. The minimum Gasteiger partial charge on any atom is -0.497 e. The molecule has 13 heteroatoms. The zero-order valence-electron chi connectivity index (χ0n) is 77.8. The van der Waals surface area contributed by atoms with E-state index in [1.807, 2.05) is 123 Å². The molecule has 2 heterocycles. The average molecular weight is 1680 g/mol. The molecule has 10 aromatic carbocycles. The van der Waals surface area contributed by atoms with Crippen molar-refractivity contribution in [3.8, 4) is 28.7 Å². The highest BCUT2D eigenvalue weighted by molar-refractivity contribution is 7.98. The third-order valence-corrected chi connectivity index (χ3v) is 20.0. The second-order valence-corrected chi connectivity index (χ2v) is 41.1. The summed E-state index contributed by atoms with van der Waals surface area (Å²) in [5.41, 5.74) is 11.5. The van der Waals surface area contributed by atoms with Crippen LogP contribution in [0.15, 0.2) is 229 Å². The predicted molar refractivity (Wildman–Crippen MR) is 496 cm³/mol. The first-order valence-electron chi connectivity index (χ1n) is 41.0. The van der Waals surface area contributed by atoms with Gasteiger partial charge in [-0.3, -0.25) is 0 Å². The van der Waals surface area contributed by atoms with E-state index in [4.69, 9.17) is 35.3 Å². The minimum absolute atomic E-state index is 0.0437. The fourth-order valence-corrected chi connectivity index (χ4v) is 11.8. The lowest BCUT2D eigenvalue weighted by molar-refractivity contribution is 0.163. The van der Waals surface area contributed by atoms with Gasteiger partial charge in [-0.15, -0.1) is 11.8 Å². The molecule has 12 rings (SSSR count). The van der Waals surface area contributed by atoms with Gasteiger partial charge in [-0.05, 0) is 207 Å². The molecule has 0 saturated carbocycles. The lowest BCUT2D eigenvalue weighted by Gasteiger charge is -2.24. The summed E-state index contributed by atoms with van der Waals surface area (Å²) in [7, 11) is 1.69. The van der Waals surface area contributed by atoms with E-state index in [-0.39, 0.29) is 77.8 Å². The molecule has 0 unspecified atom stereocenters. The molecule has 0 bridgehead atoms. The number of hydrogen-bond acceptors (Lipinski definition) is 6. The molecule has 0 atom stereocenters. The second kappa shape index (κ2) is 45.9. The molecule has 0 amide bonds. The highest BCUT2D eigenvalue weighted by Gasteiger charge is 2.27. The Hall–Kier alpha value is -8.58. The van der Waals surface area contributed by atoms with Gasteiger partial charge < -0.3 is 23.7 Å². The minimum atomic E-state index is -0.776. The molecule has 0 saturated heterocycles. The van der Waals surface area contributed by atoms with Gasteiger partial charge >= 0.3 is 0 Å². The van der Waals surface area contributed by atoms with Gasteiger partial charge in [-0.25, -0.2) is 26.3 Å². The van der Waals surface area contributed by atoms with Crippen LogP contribution < -0.4 is 23.7 Å². The van der Waals surface area contributed by atoms with E-state index < -0.39 is 11.6 Å². The van der Waals surface area contributed by atoms with Crippen molar-refractivity contribution in [3.05, 3.63) is 320 Å². The fraction of sp³-hybridized carbons (Fsp3) is 0.434. The Labute approximate surface area is 724 Å². The zero-order valence-corrected chi connectivity index (χ0v) is 79.4. The lowest BCUT2D eigenvalue weighted by atomic mass is 9.86. The molecule has 650 valence electrons. The average Bonchev–Trinajstić information content (AvgIpc) is 0.794. The largest absolute Gasteiger partial charge is 0.497 e. The third kappa shape index (κ3) is 37.9. The van der Waals surface area contributed by atoms with Gasteiger partial charge in [0.25, 0.3) is 0 Å². The van der Waals surface area contributed by atoms with Gasteiger partial charge in [0, 0.05) is 9.92 Å². The summed E-state index contributed by atoms with van der Waals surface area (Å²) in [6.07, 6.45) is 2.10. The maximum Gasteiger partial charge on any atom is 0.197 e. The summed E-state index contributed by atoms with van der Waals surface area (Å²) >= 11 is 7.55. The molecule has 0 aromatic heterocycles. The Morgan fingerprint density at radius 1 is 0.277 bits per heavy atom. The van der Waals surface area contributed by atoms with E-state index >= 15 is 0 Å². The van der Waals surface area contributed by atoms with E-state index in [1.54, 1.807) is 55.3 Å². The molecule has 2 aliphatic rings. The van der Waals surface area contributed by atoms with E-state index in [1.165, 1.54) is 68.6 Å². The quantitative estimate of drug-likeness (QED) is 0.127. The zero-order chi connectivity index (χ0) is 90.5. The molecule has 0 radical (unpaired) electrons. The lowest BCUT2D eigenvalue weighted by Crippen LogP contribution is -2.20. The Morgan fingerprint density at radius 2 is 0.613 bits per heavy atom. The van der Waals surface area contributed by atoms with Crippen LogP contribution in [0.1, 0.15) is 263 Å². The van der Waals surface area contributed by atoms with Crippen LogP contribution in [0.25, 0.3) is 0 Å². The monoisotopic (exact) mass is 1680 g/mol. The first-order chi connectivity index (χ1) is 54.7. The first kappa shape index (κ1) is 105. The van der Waals surface area contributed by atoms with Crippen molar-refractivity contribution >= 4 is 23.4 Å². The second-order valence-electron chi connectivity index (χ2n) is 39.7. The van der Waals surface area contributed by atoms with Crippen LogP contribution >= 0.6 is 23.4 Å². The summed E-state index contributed by atoms with van der Waals surface area (Å²) in [4.78, 5) is 1.34. The van der Waals surface area contributed by atoms with Crippen molar-refractivity contribution in [2.75, 3.05) is 39.8 Å². The fourth-order valence-electron chi connectivity index (χ4n) is 11.3. The highest BCUT2D eigenvalue weighted by Crippen LogP contribution is 2.40. The Kier molecular flexibility index (Phi) is 40.3. The van der Waals surface area contributed by atoms with Crippen LogP contribution in [0.3, 0.4) is 0 Å². The number of benzene rings is 10. The topological polar surface area (TPSA) is 46.2 Å².